The van der Waals surface area contributed by atoms with Gasteiger partial charge in [0.15, 0.2) is 0 Å². The summed E-state index contributed by atoms with van der Waals surface area (Å²) in [6.45, 7) is 2.45. The molecule has 0 bridgehead atoms. The van der Waals surface area contributed by atoms with E-state index in [-0.39, 0.29) is 17.2 Å². The van der Waals surface area contributed by atoms with Crippen LogP contribution in [0, 0.1) is 21.4 Å². The topological polar surface area (TPSA) is 117 Å². The Hall–Kier alpha value is -2.66. The van der Waals surface area contributed by atoms with Gasteiger partial charge in [-0.15, -0.1) is 0 Å². The van der Waals surface area contributed by atoms with E-state index in [4.69, 9.17) is 10.00 Å². The average Bonchev–Trinajstić information content (AvgIpc) is 2.46. The summed E-state index contributed by atoms with van der Waals surface area (Å²) < 4.78 is 4.82. The van der Waals surface area contributed by atoms with Gasteiger partial charge >= 0.3 is 0 Å². The monoisotopic (exact) mass is 292 g/mol. The molecule has 1 aromatic rings. The lowest BCUT2D eigenvalue weighted by Gasteiger charge is -2.15. The fourth-order valence-electron chi connectivity index (χ4n) is 1.62. The Morgan fingerprint density at radius 3 is 2.86 bits per heavy atom. The Balaban J connectivity index is 2.73. The number of hydrogen-bond acceptors (Lipinski definition) is 6. The van der Waals surface area contributed by atoms with Crippen molar-refractivity contribution in [3.05, 3.63) is 33.9 Å². The predicted octanol–water partition coefficient (Wildman–Crippen LogP) is 1.03. The van der Waals surface area contributed by atoms with Gasteiger partial charge in [0.1, 0.15) is 17.7 Å². The van der Waals surface area contributed by atoms with Gasteiger partial charge in [0.2, 0.25) is 5.91 Å². The first-order chi connectivity index (χ1) is 9.99. The number of amides is 1. The molecular weight excluding hydrogens is 276 g/mol. The number of rotatable bonds is 7. The Morgan fingerprint density at radius 1 is 1.57 bits per heavy atom. The van der Waals surface area contributed by atoms with E-state index in [1.54, 1.807) is 13.0 Å². The summed E-state index contributed by atoms with van der Waals surface area (Å²) in [7, 11) is 1.54. The molecule has 1 unspecified atom stereocenters. The van der Waals surface area contributed by atoms with Crippen molar-refractivity contribution in [3.63, 3.8) is 0 Å². The maximum Gasteiger partial charge on any atom is 0.287 e. The molecule has 0 saturated heterocycles. The molecule has 0 aliphatic rings. The molecule has 8 heteroatoms. The van der Waals surface area contributed by atoms with Crippen LogP contribution in [-0.4, -0.2) is 37.1 Å². The fourth-order valence-corrected chi connectivity index (χ4v) is 1.62. The highest BCUT2D eigenvalue weighted by Crippen LogP contribution is 2.22. The normalized spacial score (nSPS) is 11.3. The number of nitriles is 1. The third-order valence-corrected chi connectivity index (χ3v) is 2.70. The lowest BCUT2D eigenvalue weighted by Crippen LogP contribution is -2.39. The number of ether oxygens (including phenoxy) is 1. The van der Waals surface area contributed by atoms with E-state index in [1.165, 1.54) is 25.3 Å². The van der Waals surface area contributed by atoms with Crippen LogP contribution in [0.4, 0.5) is 11.4 Å². The summed E-state index contributed by atoms with van der Waals surface area (Å²) >= 11 is 0. The Morgan fingerprint density at radius 2 is 2.29 bits per heavy atom. The highest BCUT2D eigenvalue weighted by molar-refractivity contribution is 5.84. The van der Waals surface area contributed by atoms with E-state index >= 15 is 0 Å². The van der Waals surface area contributed by atoms with Crippen LogP contribution < -0.4 is 10.6 Å². The molecule has 1 aromatic carbocycles. The number of nitro groups is 1. The smallest absolute Gasteiger partial charge is 0.287 e. The summed E-state index contributed by atoms with van der Waals surface area (Å²) in [6, 6.07) is 5.25. The fraction of sp³-hybridized carbons (Fsp3) is 0.385. The molecule has 2 N–H and O–H groups in total. The van der Waals surface area contributed by atoms with E-state index in [2.05, 4.69) is 10.6 Å². The SMILES string of the molecule is COCCNC(=O)C(C)Nc1ccc([N+](=O)[O-])c(C#N)c1. The second kappa shape index (κ2) is 7.81. The van der Waals surface area contributed by atoms with Gasteiger partial charge < -0.3 is 15.4 Å². The first kappa shape index (κ1) is 16.4. The third kappa shape index (κ3) is 4.74. The van der Waals surface area contributed by atoms with Gasteiger partial charge in [0.25, 0.3) is 5.69 Å². The van der Waals surface area contributed by atoms with E-state index in [9.17, 15) is 14.9 Å². The van der Waals surface area contributed by atoms with Gasteiger partial charge in [-0.1, -0.05) is 0 Å². The largest absolute Gasteiger partial charge is 0.383 e. The van der Waals surface area contributed by atoms with Crippen LogP contribution in [0.25, 0.3) is 0 Å². The van der Waals surface area contributed by atoms with Gasteiger partial charge in [0, 0.05) is 25.4 Å². The molecule has 0 heterocycles. The molecule has 0 aliphatic carbocycles. The molecule has 21 heavy (non-hydrogen) atoms. The van der Waals surface area contributed by atoms with Crippen molar-refractivity contribution in [2.45, 2.75) is 13.0 Å². The molecule has 1 rings (SSSR count). The molecule has 0 fully saturated rings. The van der Waals surface area contributed by atoms with Crippen molar-refractivity contribution in [1.29, 1.82) is 5.26 Å². The minimum Gasteiger partial charge on any atom is -0.383 e. The van der Waals surface area contributed by atoms with Gasteiger partial charge in [-0.05, 0) is 19.1 Å². The first-order valence-electron chi connectivity index (χ1n) is 6.21. The maximum absolute atomic E-state index is 11.7. The zero-order valence-electron chi connectivity index (χ0n) is 11.8. The summed E-state index contributed by atoms with van der Waals surface area (Å²) in [4.78, 5) is 21.9. The van der Waals surface area contributed by atoms with Crippen LogP contribution >= 0.6 is 0 Å². The quantitative estimate of drug-likeness (QED) is 0.440. The standard InChI is InChI=1S/C13H16N4O4/c1-9(13(18)15-5-6-21-2)16-11-3-4-12(17(19)20)10(7-11)8-14/h3-4,7,9,16H,5-6H2,1-2H3,(H,15,18). The Kier molecular flexibility index (Phi) is 6.10. The average molecular weight is 292 g/mol. The van der Waals surface area contributed by atoms with E-state index < -0.39 is 11.0 Å². The van der Waals surface area contributed by atoms with E-state index in [0.29, 0.717) is 18.8 Å². The summed E-state index contributed by atoms with van der Waals surface area (Å²) in [6.07, 6.45) is 0. The summed E-state index contributed by atoms with van der Waals surface area (Å²) in [5, 5.41) is 25.2. The first-order valence-corrected chi connectivity index (χ1v) is 6.21. The van der Waals surface area contributed by atoms with Crippen LogP contribution in [0.5, 0.6) is 0 Å². The minimum atomic E-state index is -0.622. The van der Waals surface area contributed by atoms with Crippen molar-refractivity contribution in [2.24, 2.45) is 0 Å². The second-order valence-electron chi connectivity index (χ2n) is 4.25. The Bertz CT molecular complexity index is 568. The van der Waals surface area contributed by atoms with Gasteiger partial charge in [0.05, 0.1) is 11.5 Å². The van der Waals surface area contributed by atoms with Crippen LogP contribution in [0.3, 0.4) is 0 Å². The van der Waals surface area contributed by atoms with Gasteiger partial charge in [-0.3, -0.25) is 14.9 Å². The zero-order chi connectivity index (χ0) is 15.8. The number of nitrogens with zero attached hydrogens (tertiary/aromatic N) is 2. The lowest BCUT2D eigenvalue weighted by atomic mass is 10.1. The highest BCUT2D eigenvalue weighted by atomic mass is 16.6. The van der Waals surface area contributed by atoms with Crippen molar-refractivity contribution >= 4 is 17.3 Å². The van der Waals surface area contributed by atoms with Crippen molar-refractivity contribution in [1.82, 2.24) is 5.32 Å². The molecule has 8 nitrogen and oxygen atoms in total. The molecule has 112 valence electrons. The molecule has 0 aliphatic heterocycles. The molecular formula is C13H16N4O4. The van der Waals surface area contributed by atoms with Gasteiger partial charge in [-0.25, -0.2) is 0 Å². The number of benzene rings is 1. The van der Waals surface area contributed by atoms with Crippen LogP contribution in [0.1, 0.15) is 12.5 Å². The van der Waals surface area contributed by atoms with Crippen LogP contribution in [-0.2, 0) is 9.53 Å². The third-order valence-electron chi connectivity index (χ3n) is 2.70. The molecule has 0 spiro atoms. The van der Waals surface area contributed by atoms with Gasteiger partial charge in [-0.2, -0.15) is 5.26 Å². The number of nitro benzene ring substituents is 1. The van der Waals surface area contributed by atoms with Crippen molar-refractivity contribution in [2.75, 3.05) is 25.6 Å². The number of anilines is 1. The maximum atomic E-state index is 11.7. The molecule has 0 saturated carbocycles. The molecule has 0 radical (unpaired) electrons. The Labute approximate surface area is 121 Å². The van der Waals surface area contributed by atoms with E-state index in [1.807, 2.05) is 0 Å². The number of nitrogens with one attached hydrogen (secondary N) is 2. The number of methoxy groups -OCH3 is 1. The number of carbonyl (C=O) groups excluding carboxylic acids is 1. The van der Waals surface area contributed by atoms with Crippen LogP contribution in [0.2, 0.25) is 0 Å². The molecule has 1 amide bonds. The summed E-state index contributed by atoms with van der Waals surface area (Å²) in [5.41, 5.74) is 0.142. The van der Waals surface area contributed by atoms with E-state index in [0.717, 1.165) is 0 Å². The number of hydrogen-bond donors (Lipinski definition) is 2. The minimum absolute atomic E-state index is 0.0583. The second-order valence-corrected chi connectivity index (χ2v) is 4.25. The van der Waals surface area contributed by atoms with Crippen molar-refractivity contribution < 1.29 is 14.5 Å². The molecule has 1 atom stereocenters. The number of carbonyl (C=O) groups is 1. The predicted molar refractivity (Wildman–Crippen MR) is 75.8 cm³/mol. The zero-order valence-corrected chi connectivity index (χ0v) is 11.8. The molecule has 0 aromatic heterocycles. The lowest BCUT2D eigenvalue weighted by molar-refractivity contribution is -0.385. The summed E-state index contributed by atoms with van der Waals surface area (Å²) in [5.74, 6) is -0.232. The highest BCUT2D eigenvalue weighted by Gasteiger charge is 2.16. The van der Waals surface area contributed by atoms with Crippen molar-refractivity contribution in [3.8, 4) is 6.07 Å². The van der Waals surface area contributed by atoms with Crippen LogP contribution in [0.15, 0.2) is 18.2 Å².